The summed E-state index contributed by atoms with van der Waals surface area (Å²) in [5.41, 5.74) is 2.37. The van der Waals surface area contributed by atoms with Gasteiger partial charge in [-0.1, -0.05) is 0 Å². The molecule has 1 saturated carbocycles. The smallest absolute Gasteiger partial charge is 0.270 e. The van der Waals surface area contributed by atoms with Gasteiger partial charge >= 0.3 is 0 Å². The van der Waals surface area contributed by atoms with Crippen molar-refractivity contribution in [1.29, 1.82) is 0 Å². The van der Waals surface area contributed by atoms with Crippen LogP contribution < -0.4 is 15.0 Å². The van der Waals surface area contributed by atoms with E-state index in [0.717, 1.165) is 74.3 Å². The van der Waals surface area contributed by atoms with Crippen LogP contribution >= 0.6 is 0 Å². The average Bonchev–Trinajstić information content (AvgIpc) is 2.86. The van der Waals surface area contributed by atoms with E-state index in [0.29, 0.717) is 5.69 Å². The third-order valence-corrected chi connectivity index (χ3v) is 6.07. The number of nitrogens with one attached hydrogen (secondary N) is 1. The highest BCUT2D eigenvalue weighted by atomic mass is 16.5. The molecule has 3 heterocycles. The van der Waals surface area contributed by atoms with E-state index in [4.69, 9.17) is 9.47 Å². The Morgan fingerprint density at radius 1 is 1.06 bits per heavy atom. The lowest BCUT2D eigenvalue weighted by Crippen LogP contribution is -2.40. The van der Waals surface area contributed by atoms with Crippen LogP contribution in [0.5, 0.6) is 5.75 Å². The molecule has 1 N–H and O–H groups in total. The molecule has 1 amide bonds. The molecule has 0 radical (unpaired) electrons. The molecule has 0 atom stereocenters. The SMILES string of the molecule is O=C(NC1CCC(Oc2cc(N3CCOCC3)cc3ncncc23)CC1)c1ccncn1. The van der Waals surface area contributed by atoms with Crippen molar-refractivity contribution in [3.63, 3.8) is 0 Å². The van der Waals surface area contributed by atoms with Crippen molar-refractivity contribution in [2.24, 2.45) is 0 Å². The third kappa shape index (κ3) is 4.62. The molecule has 1 aliphatic carbocycles. The lowest BCUT2D eigenvalue weighted by Gasteiger charge is -2.31. The number of carbonyl (C=O) groups excluding carboxylic acids is 1. The Hall–Kier alpha value is -3.33. The first-order valence-corrected chi connectivity index (χ1v) is 11.1. The van der Waals surface area contributed by atoms with E-state index >= 15 is 0 Å². The lowest BCUT2D eigenvalue weighted by molar-refractivity contribution is 0.0890. The highest BCUT2D eigenvalue weighted by Gasteiger charge is 2.25. The second kappa shape index (κ2) is 9.44. The second-order valence-electron chi connectivity index (χ2n) is 8.16. The summed E-state index contributed by atoms with van der Waals surface area (Å²) in [6, 6.07) is 5.94. The molecular formula is C23H26N6O3. The summed E-state index contributed by atoms with van der Waals surface area (Å²) in [4.78, 5) is 31.2. The molecule has 166 valence electrons. The molecular weight excluding hydrogens is 408 g/mol. The molecule has 5 rings (SSSR count). The zero-order valence-corrected chi connectivity index (χ0v) is 17.8. The first-order valence-electron chi connectivity index (χ1n) is 11.1. The van der Waals surface area contributed by atoms with Crippen molar-refractivity contribution in [2.45, 2.75) is 37.8 Å². The fourth-order valence-electron chi connectivity index (χ4n) is 4.33. The number of aromatic nitrogens is 4. The summed E-state index contributed by atoms with van der Waals surface area (Å²) >= 11 is 0. The predicted octanol–water partition coefficient (Wildman–Crippen LogP) is 2.38. The molecule has 1 saturated heterocycles. The monoisotopic (exact) mass is 434 g/mol. The zero-order valence-electron chi connectivity index (χ0n) is 17.8. The molecule has 0 spiro atoms. The van der Waals surface area contributed by atoms with Crippen LogP contribution in [0.2, 0.25) is 0 Å². The van der Waals surface area contributed by atoms with Crippen molar-refractivity contribution >= 4 is 22.5 Å². The predicted molar refractivity (Wildman–Crippen MR) is 119 cm³/mol. The Bertz CT molecular complexity index is 1070. The Kier molecular flexibility index (Phi) is 6.06. The number of hydrogen-bond donors (Lipinski definition) is 1. The average molecular weight is 435 g/mol. The second-order valence-corrected chi connectivity index (χ2v) is 8.16. The largest absolute Gasteiger partial charge is 0.490 e. The minimum absolute atomic E-state index is 0.0885. The number of rotatable bonds is 5. The Morgan fingerprint density at radius 3 is 2.66 bits per heavy atom. The molecule has 2 fully saturated rings. The summed E-state index contributed by atoms with van der Waals surface area (Å²) in [6.07, 6.45) is 9.89. The fourth-order valence-corrected chi connectivity index (χ4v) is 4.33. The highest BCUT2D eigenvalue weighted by Crippen LogP contribution is 2.33. The molecule has 9 nitrogen and oxygen atoms in total. The Labute approximate surface area is 186 Å². The van der Waals surface area contributed by atoms with Crippen LogP contribution in [0.15, 0.2) is 43.2 Å². The van der Waals surface area contributed by atoms with Gasteiger partial charge in [0.1, 0.15) is 24.1 Å². The van der Waals surface area contributed by atoms with E-state index < -0.39 is 0 Å². The minimum Gasteiger partial charge on any atom is -0.490 e. The maximum atomic E-state index is 12.4. The van der Waals surface area contributed by atoms with E-state index in [1.165, 1.54) is 6.33 Å². The summed E-state index contributed by atoms with van der Waals surface area (Å²) in [6.45, 7) is 3.16. The van der Waals surface area contributed by atoms with Crippen molar-refractivity contribution < 1.29 is 14.3 Å². The van der Waals surface area contributed by atoms with Gasteiger partial charge in [0.25, 0.3) is 5.91 Å². The Balaban J connectivity index is 1.25. The van der Waals surface area contributed by atoms with E-state index in [2.05, 4.69) is 42.3 Å². The van der Waals surface area contributed by atoms with E-state index in [1.807, 2.05) is 6.20 Å². The zero-order chi connectivity index (χ0) is 21.8. The number of fused-ring (bicyclic) bond motifs is 1. The van der Waals surface area contributed by atoms with Crippen LogP contribution in [0.3, 0.4) is 0 Å². The maximum absolute atomic E-state index is 12.4. The van der Waals surface area contributed by atoms with Gasteiger partial charge in [0.15, 0.2) is 0 Å². The van der Waals surface area contributed by atoms with E-state index in [-0.39, 0.29) is 18.1 Å². The minimum atomic E-state index is -0.155. The summed E-state index contributed by atoms with van der Waals surface area (Å²) in [5.74, 6) is 0.663. The van der Waals surface area contributed by atoms with E-state index in [1.54, 1.807) is 18.6 Å². The molecule has 1 aliphatic heterocycles. The maximum Gasteiger partial charge on any atom is 0.270 e. The van der Waals surface area contributed by atoms with Crippen LogP contribution in [0, 0.1) is 0 Å². The number of ether oxygens (including phenoxy) is 2. The lowest BCUT2D eigenvalue weighted by atomic mass is 9.92. The molecule has 2 aliphatic rings. The van der Waals surface area contributed by atoms with Crippen LogP contribution in [0.4, 0.5) is 5.69 Å². The fraction of sp³-hybridized carbons (Fsp3) is 0.435. The van der Waals surface area contributed by atoms with Gasteiger partial charge < -0.3 is 19.7 Å². The van der Waals surface area contributed by atoms with Gasteiger partial charge in [-0.25, -0.2) is 19.9 Å². The summed E-state index contributed by atoms with van der Waals surface area (Å²) in [5, 5.41) is 4.00. The van der Waals surface area contributed by atoms with Crippen molar-refractivity contribution in [1.82, 2.24) is 25.3 Å². The van der Waals surface area contributed by atoms with Gasteiger partial charge in [0.2, 0.25) is 0 Å². The van der Waals surface area contributed by atoms with Gasteiger partial charge in [0.05, 0.1) is 30.2 Å². The quantitative estimate of drug-likeness (QED) is 0.653. The van der Waals surface area contributed by atoms with Crippen LogP contribution in [-0.2, 0) is 4.74 Å². The topological polar surface area (TPSA) is 102 Å². The van der Waals surface area contributed by atoms with Gasteiger partial charge in [-0.15, -0.1) is 0 Å². The van der Waals surface area contributed by atoms with Crippen molar-refractivity contribution in [2.75, 3.05) is 31.2 Å². The number of amides is 1. The number of nitrogens with zero attached hydrogens (tertiary/aromatic N) is 5. The number of anilines is 1. The van der Waals surface area contributed by atoms with Crippen LogP contribution in [0.1, 0.15) is 36.2 Å². The standard InChI is InChI=1S/C23H26N6O3/c30-23(20-5-6-24-14-26-20)28-16-1-3-18(4-2-16)32-22-12-17(29-7-9-31-10-8-29)11-21-19(22)13-25-15-27-21/h5-6,11-16,18H,1-4,7-10H2,(H,28,30). The number of hydrogen-bond acceptors (Lipinski definition) is 8. The van der Waals surface area contributed by atoms with Crippen molar-refractivity contribution in [3.05, 3.63) is 48.9 Å². The number of morpholine rings is 1. The molecule has 2 aromatic heterocycles. The number of carbonyl (C=O) groups is 1. The van der Waals surface area contributed by atoms with Crippen LogP contribution in [0.25, 0.3) is 10.9 Å². The van der Waals surface area contributed by atoms with Gasteiger partial charge in [-0.2, -0.15) is 0 Å². The first-order chi connectivity index (χ1) is 15.8. The molecule has 0 unspecified atom stereocenters. The van der Waals surface area contributed by atoms with Gasteiger partial charge in [-0.05, 0) is 37.8 Å². The molecule has 32 heavy (non-hydrogen) atoms. The third-order valence-electron chi connectivity index (χ3n) is 6.07. The molecule has 1 aromatic carbocycles. The molecule has 3 aromatic rings. The molecule has 0 bridgehead atoms. The summed E-state index contributed by atoms with van der Waals surface area (Å²) < 4.78 is 12.0. The molecule has 9 heteroatoms. The van der Waals surface area contributed by atoms with Crippen LogP contribution in [-0.4, -0.2) is 64.3 Å². The summed E-state index contributed by atoms with van der Waals surface area (Å²) in [7, 11) is 0. The first kappa shape index (κ1) is 20.6. The van der Waals surface area contributed by atoms with Gasteiger partial charge in [0, 0.05) is 43.3 Å². The van der Waals surface area contributed by atoms with E-state index in [9.17, 15) is 4.79 Å². The van der Waals surface area contributed by atoms with Gasteiger partial charge in [-0.3, -0.25) is 4.79 Å². The normalized spacial score (nSPS) is 21.3. The number of benzene rings is 1. The highest BCUT2D eigenvalue weighted by molar-refractivity contribution is 5.92. The van der Waals surface area contributed by atoms with Crippen molar-refractivity contribution in [3.8, 4) is 5.75 Å². The Morgan fingerprint density at radius 2 is 1.88 bits per heavy atom.